The number of hydrogen-bond acceptors (Lipinski definition) is 31. The average molecular weight is 1630 g/mol. The summed E-state index contributed by atoms with van der Waals surface area (Å²) in [6, 6.07) is 9.42. The molecule has 36 nitrogen and oxygen atoms in total. The van der Waals surface area contributed by atoms with Gasteiger partial charge in [-0.15, -0.1) is 0 Å². The summed E-state index contributed by atoms with van der Waals surface area (Å²) in [5.41, 5.74) is 12.7. The maximum Gasteiger partial charge on any atom is 0.377 e. The van der Waals surface area contributed by atoms with Crippen LogP contribution in [0.15, 0.2) is 99.7 Å². The van der Waals surface area contributed by atoms with E-state index < -0.39 is 96.1 Å². The summed E-state index contributed by atoms with van der Waals surface area (Å²) in [5.74, 6) is -6.88. The number of esters is 7. The number of nitrogens with two attached hydrogens (primary N) is 2. The number of aliphatic carboxylic acids is 1. The van der Waals surface area contributed by atoms with Crippen LogP contribution in [0.2, 0.25) is 0 Å². The Labute approximate surface area is 672 Å². The Morgan fingerprint density at radius 3 is 1.48 bits per heavy atom. The van der Waals surface area contributed by atoms with Gasteiger partial charge in [-0.1, -0.05) is 146 Å². The van der Waals surface area contributed by atoms with Crippen molar-refractivity contribution in [1.29, 1.82) is 0 Å². The number of fused-ring (bicyclic) bond motifs is 2. The fourth-order valence-electron chi connectivity index (χ4n) is 11.8. The number of carboxylic acid groups (broad SMARTS) is 1. The second-order valence-corrected chi connectivity index (χ2v) is 27.7. The molecule has 0 amide bonds. The highest BCUT2D eigenvalue weighted by molar-refractivity contribution is 5.90. The molecule has 0 saturated carbocycles. The van der Waals surface area contributed by atoms with E-state index in [9.17, 15) is 68.4 Å². The van der Waals surface area contributed by atoms with Crippen LogP contribution in [0.25, 0.3) is 22.3 Å². The molecule has 7 rings (SSSR count). The van der Waals surface area contributed by atoms with Crippen molar-refractivity contribution in [3.8, 4) is 0 Å². The highest BCUT2D eigenvalue weighted by atomic mass is 16.6. The van der Waals surface area contributed by atoms with Crippen LogP contribution in [0.4, 0.5) is 11.9 Å². The van der Waals surface area contributed by atoms with Gasteiger partial charge in [0.25, 0.3) is 11.1 Å². The first-order chi connectivity index (χ1) is 55.9. The van der Waals surface area contributed by atoms with Gasteiger partial charge >= 0.3 is 47.8 Å². The molecule has 0 saturated heterocycles. The topological polar surface area (TPSA) is 529 Å². The molecule has 116 heavy (non-hydrogen) atoms. The minimum atomic E-state index is -1.60. The molecule has 4 aromatic heterocycles. The first-order valence-corrected chi connectivity index (χ1v) is 39.8. The number of aromatic nitrogens is 8. The fraction of sp³-hybridized carbons (Fsp3) is 0.600. The molecule has 642 valence electrons. The van der Waals surface area contributed by atoms with Gasteiger partial charge in [-0.05, 0) is 76.7 Å². The molecular weight excluding hydrogens is 1520 g/mol. The van der Waals surface area contributed by atoms with Gasteiger partial charge in [0.15, 0.2) is 40.3 Å². The van der Waals surface area contributed by atoms with Gasteiger partial charge < -0.3 is 89.5 Å². The van der Waals surface area contributed by atoms with Crippen molar-refractivity contribution >= 4 is 82.0 Å². The molecule has 5 aromatic rings. The van der Waals surface area contributed by atoms with Crippen molar-refractivity contribution in [2.45, 2.75) is 270 Å². The molecule has 6 heterocycles. The third-order valence-electron chi connectivity index (χ3n) is 18.2. The average Bonchev–Trinajstić information content (AvgIpc) is 1.58. The van der Waals surface area contributed by atoms with Crippen LogP contribution < -0.4 is 22.6 Å². The molecule has 2 aliphatic rings. The lowest BCUT2D eigenvalue weighted by atomic mass is 10.1. The molecule has 2 aliphatic heterocycles. The van der Waals surface area contributed by atoms with E-state index in [1.165, 1.54) is 17.2 Å². The monoisotopic (exact) mass is 1630 g/mol. The lowest BCUT2D eigenvalue weighted by molar-refractivity contribution is -0.158. The third-order valence-corrected chi connectivity index (χ3v) is 18.2. The number of imidazole rings is 2. The van der Waals surface area contributed by atoms with Gasteiger partial charge in [0.1, 0.15) is 64.3 Å². The summed E-state index contributed by atoms with van der Waals surface area (Å²) < 4.78 is 55.7. The Morgan fingerprint density at radius 2 is 1.01 bits per heavy atom. The number of unbranched alkanes of at least 4 members (excludes halogenated alkanes) is 16. The van der Waals surface area contributed by atoms with Crippen molar-refractivity contribution in [3.05, 3.63) is 116 Å². The van der Waals surface area contributed by atoms with Crippen LogP contribution in [0.1, 0.15) is 219 Å². The molecule has 0 fully saturated rings. The largest absolute Gasteiger partial charge is 0.505 e. The number of aromatic amines is 2. The standard InChI is InChI=1S/C36H53N5O13.C30H47N5O8.C14H16O5/c1-2-3-4-11-14-24(53-28(45)18-17-27(44)52-21-25(42)32-30(46)31(47)35(49)54-32)15-12-9-7-5-6-8-10-13-16-26(43)51-20-19-50-23-41-22-38-29-33(41)39-36(37)40-34(29)48;1-2-3-4-11-14-23(43-26(39)18-17-24(36)37)15-12-9-7-5-6-8-10-13-16-25(38)42-20-19-41-22-35-21-32-27-28(35)33-30(31)34-29(27)40;1-9-12(11(16)7-15)19-14(17)13(9)18-8-10-5-3-2-4-6-10/h9,12,22,24-25,32,42,46-47H,2-8,10-11,13-21,23H2,1H3,(H3,37,39,40,48);9,12,21,23H,2-8,10-11,13-20,22H2,1H3,(H,36,37)(H3,31,33,34,40);2-6,11-12,15-16H,7-8H2,1H3/b2*12-9-;/t24-,25?,32?;23-;/m11./s1. The summed E-state index contributed by atoms with van der Waals surface area (Å²) in [5, 5.41) is 56.2. The third kappa shape index (κ3) is 36.9. The zero-order valence-electron chi connectivity index (χ0n) is 66.6. The second-order valence-electron chi connectivity index (χ2n) is 27.7. The molecule has 36 heteroatoms. The van der Waals surface area contributed by atoms with E-state index in [-0.39, 0.29) is 125 Å². The number of aliphatic hydroxyl groups excluding tert-OH is 5. The number of nitrogens with zero attached hydrogens (tertiary/aromatic N) is 6. The van der Waals surface area contributed by atoms with Crippen molar-refractivity contribution in [2.75, 3.05) is 51.1 Å². The molecule has 1 aromatic carbocycles. The molecule has 0 radical (unpaired) electrons. The minimum Gasteiger partial charge on any atom is -0.505 e. The summed E-state index contributed by atoms with van der Waals surface area (Å²) >= 11 is 0. The smallest absolute Gasteiger partial charge is 0.377 e. The quantitative estimate of drug-likeness (QED) is 0.00750. The van der Waals surface area contributed by atoms with E-state index >= 15 is 0 Å². The molecular formula is C80H116N10O26. The number of nitrogens with one attached hydrogen (secondary N) is 2. The lowest BCUT2D eigenvalue weighted by Crippen LogP contribution is -2.33. The number of hydrogen-bond donors (Lipinski definition) is 10. The molecule has 0 bridgehead atoms. The lowest BCUT2D eigenvalue weighted by Gasteiger charge is -2.18. The SMILES string of the molecule is CC1=C(OCc2ccccc2)C(=O)OC1C(O)CO.CCCCCC[C@H](C/C=C\CCCCCCCC(=O)OCCOCn1cnc2c(=O)[nH]c(N)nc21)OC(=O)CCC(=O)O.CCCCCC[C@H](C/C=C\CCCCCCCC(=O)OCCOCn1cnc2c(=O)[nH]c(N)nc21)OC(=O)CCC(=O)OCC(O)C1OC(=O)C(O)=C1O. The van der Waals surface area contributed by atoms with Crippen LogP contribution in [0, 0.1) is 0 Å². The predicted octanol–water partition coefficient (Wildman–Crippen LogP) is 9.11. The number of allylic oxidation sites excluding steroid dienone is 2. The fourth-order valence-corrected chi connectivity index (χ4v) is 11.8. The molecule has 0 spiro atoms. The molecule has 6 atom stereocenters. The van der Waals surface area contributed by atoms with E-state index in [0.29, 0.717) is 49.0 Å². The Bertz CT molecular complexity index is 4090. The molecule has 12 N–H and O–H groups in total. The highest BCUT2D eigenvalue weighted by Crippen LogP contribution is 2.27. The van der Waals surface area contributed by atoms with Crippen LogP contribution in [0.3, 0.4) is 0 Å². The summed E-state index contributed by atoms with van der Waals surface area (Å²) in [6.07, 6.45) is 27.8. The van der Waals surface area contributed by atoms with E-state index in [2.05, 4.69) is 66.7 Å². The zero-order chi connectivity index (χ0) is 84.4. The second kappa shape index (κ2) is 55.1. The van der Waals surface area contributed by atoms with Crippen LogP contribution >= 0.6 is 0 Å². The van der Waals surface area contributed by atoms with E-state index in [4.69, 9.17) is 64.3 Å². The van der Waals surface area contributed by atoms with Gasteiger partial charge in [-0.25, -0.2) is 19.6 Å². The number of benzene rings is 1. The minimum absolute atomic E-state index is 0.00332. The first kappa shape index (κ1) is 96.0. The summed E-state index contributed by atoms with van der Waals surface area (Å²) in [6.45, 7) is 5.86. The number of nitrogen functional groups attached to an aromatic ring is 2. The van der Waals surface area contributed by atoms with Gasteiger partial charge in [-0.3, -0.25) is 57.5 Å². The van der Waals surface area contributed by atoms with E-state index in [1.807, 2.05) is 36.4 Å². The van der Waals surface area contributed by atoms with E-state index in [1.54, 1.807) is 11.5 Å². The van der Waals surface area contributed by atoms with Crippen LogP contribution in [-0.2, 0) is 106 Å². The number of carbonyl (C=O) groups is 8. The predicted molar refractivity (Wildman–Crippen MR) is 421 cm³/mol. The van der Waals surface area contributed by atoms with Gasteiger partial charge in [0.05, 0.1) is 58.2 Å². The summed E-state index contributed by atoms with van der Waals surface area (Å²) in [7, 11) is 0. The summed E-state index contributed by atoms with van der Waals surface area (Å²) in [4.78, 5) is 139. The Morgan fingerprint density at radius 1 is 0.552 bits per heavy atom. The number of carbonyl (C=O) groups excluding carboxylic acids is 7. The van der Waals surface area contributed by atoms with Crippen LogP contribution in [0.5, 0.6) is 0 Å². The van der Waals surface area contributed by atoms with Gasteiger partial charge in [0.2, 0.25) is 23.4 Å². The number of anilines is 2. The number of ether oxygens (including phenoxy) is 10. The zero-order valence-corrected chi connectivity index (χ0v) is 66.6. The molecule has 0 aliphatic carbocycles. The van der Waals surface area contributed by atoms with Crippen molar-refractivity contribution in [1.82, 2.24) is 39.0 Å². The van der Waals surface area contributed by atoms with Crippen LogP contribution in [-0.4, -0.2) is 194 Å². The first-order valence-electron chi connectivity index (χ1n) is 39.8. The Hall–Kier alpha value is -10.6. The van der Waals surface area contributed by atoms with E-state index in [0.717, 1.165) is 140 Å². The number of rotatable bonds is 56. The number of carboxylic acids is 1. The maximum atomic E-state index is 12.5. The maximum absolute atomic E-state index is 12.5. The Balaban J connectivity index is 0.000000342. The highest BCUT2D eigenvalue weighted by Gasteiger charge is 2.40. The number of H-pyrrole nitrogens is 2. The number of cyclic esters (lactones) is 2. The number of aliphatic hydroxyl groups is 5. The Kier molecular flexibility index (Phi) is 45.6. The molecule has 4 unspecified atom stereocenters. The van der Waals surface area contributed by atoms with Crippen molar-refractivity contribution < 1.29 is 116 Å². The van der Waals surface area contributed by atoms with Crippen molar-refractivity contribution in [3.63, 3.8) is 0 Å². The normalized spacial score (nSPS) is 15.0. The van der Waals surface area contributed by atoms with Gasteiger partial charge in [-0.2, -0.15) is 9.97 Å². The van der Waals surface area contributed by atoms with Crippen molar-refractivity contribution in [2.24, 2.45) is 0 Å². The van der Waals surface area contributed by atoms with Gasteiger partial charge in [0, 0.05) is 31.3 Å².